The number of carbonyl (C=O) groups excluding carboxylic acids is 2. The van der Waals surface area contributed by atoms with E-state index in [1.807, 2.05) is 12.1 Å². The normalized spacial score (nSPS) is 15.6. The highest BCUT2D eigenvalue weighted by Crippen LogP contribution is 2.36. The molecule has 2 aromatic carbocycles. The lowest BCUT2D eigenvalue weighted by Crippen LogP contribution is -2.36. The standard InChI is InChI=1S/C25H27N3O4/c1-5-18(15-9-10-20-16(13-15)11-12-32-20)26-21-14(2)23(29)22(21)27-19-8-6-7-17(24(19)30)25(31)28(3)4/h6-10,13,18,26-27,30H,2,5,11-12H2,1,3-4H3. The van der Waals surface area contributed by atoms with E-state index < -0.39 is 0 Å². The summed E-state index contributed by atoms with van der Waals surface area (Å²) in [7, 11) is 3.23. The molecule has 7 nitrogen and oxygen atoms in total. The highest BCUT2D eigenvalue weighted by atomic mass is 16.5. The molecule has 4 rings (SSSR count). The van der Waals surface area contributed by atoms with Gasteiger partial charge in [0.2, 0.25) is 5.78 Å². The predicted octanol–water partition coefficient (Wildman–Crippen LogP) is 3.53. The van der Waals surface area contributed by atoms with Gasteiger partial charge in [-0.2, -0.15) is 0 Å². The Morgan fingerprint density at radius 3 is 2.75 bits per heavy atom. The van der Waals surface area contributed by atoms with E-state index in [0.717, 1.165) is 24.2 Å². The SMILES string of the molecule is C=C1C(=O)C(Nc2cccc(C(=O)N(C)C)c2O)=C1NC(CC)c1ccc2c(c1)CCO2. The third-order valence-corrected chi connectivity index (χ3v) is 5.83. The highest BCUT2D eigenvalue weighted by molar-refractivity contribution is 6.21. The van der Waals surface area contributed by atoms with Gasteiger partial charge in [-0.25, -0.2) is 0 Å². The smallest absolute Gasteiger partial charge is 0.257 e. The summed E-state index contributed by atoms with van der Waals surface area (Å²) >= 11 is 0. The van der Waals surface area contributed by atoms with E-state index in [1.54, 1.807) is 32.3 Å². The number of fused-ring (bicyclic) bond motifs is 1. The third-order valence-electron chi connectivity index (χ3n) is 5.83. The van der Waals surface area contributed by atoms with Crippen LogP contribution in [0, 0.1) is 0 Å². The van der Waals surface area contributed by atoms with Crippen LogP contribution >= 0.6 is 0 Å². The molecule has 0 radical (unpaired) electrons. The van der Waals surface area contributed by atoms with Gasteiger partial charge >= 0.3 is 0 Å². The van der Waals surface area contributed by atoms with Gasteiger partial charge < -0.3 is 25.4 Å². The Morgan fingerprint density at radius 1 is 1.25 bits per heavy atom. The summed E-state index contributed by atoms with van der Waals surface area (Å²) in [5.41, 5.74) is 4.06. The van der Waals surface area contributed by atoms with Gasteiger partial charge in [0.05, 0.1) is 29.6 Å². The van der Waals surface area contributed by atoms with Gasteiger partial charge in [0.15, 0.2) is 5.75 Å². The van der Waals surface area contributed by atoms with Gasteiger partial charge in [0, 0.05) is 26.1 Å². The number of anilines is 1. The Hall–Kier alpha value is -3.74. The van der Waals surface area contributed by atoms with Crippen molar-refractivity contribution < 1.29 is 19.4 Å². The molecule has 1 heterocycles. The lowest BCUT2D eigenvalue weighted by molar-refractivity contribution is -0.113. The predicted molar refractivity (Wildman–Crippen MR) is 123 cm³/mol. The number of ether oxygens (including phenoxy) is 1. The summed E-state index contributed by atoms with van der Waals surface area (Å²) in [5, 5.41) is 17.0. The van der Waals surface area contributed by atoms with Crippen molar-refractivity contribution in [2.45, 2.75) is 25.8 Å². The lowest BCUT2D eigenvalue weighted by Gasteiger charge is -2.31. The largest absolute Gasteiger partial charge is 0.505 e. The second-order valence-corrected chi connectivity index (χ2v) is 8.15. The number of para-hydroxylation sites is 1. The zero-order valence-electron chi connectivity index (χ0n) is 18.5. The third kappa shape index (κ3) is 3.70. The van der Waals surface area contributed by atoms with E-state index in [9.17, 15) is 14.7 Å². The van der Waals surface area contributed by atoms with Crippen molar-refractivity contribution >= 4 is 17.4 Å². The number of amides is 1. The lowest BCUT2D eigenvalue weighted by atomic mass is 9.90. The van der Waals surface area contributed by atoms with Crippen LogP contribution in [-0.4, -0.2) is 42.4 Å². The Morgan fingerprint density at radius 2 is 2.03 bits per heavy atom. The average Bonchev–Trinajstić information content (AvgIpc) is 3.26. The molecule has 0 saturated heterocycles. The second kappa shape index (κ2) is 8.42. The van der Waals surface area contributed by atoms with Gasteiger partial charge in [-0.05, 0) is 41.8 Å². The van der Waals surface area contributed by atoms with E-state index in [1.165, 1.54) is 10.5 Å². The first-order chi connectivity index (χ1) is 15.3. The fourth-order valence-electron chi connectivity index (χ4n) is 3.96. The Balaban J connectivity index is 1.61. The molecule has 0 fully saturated rings. The number of rotatable bonds is 7. The number of phenolic OH excluding ortho intramolecular Hbond substituents is 1. The fourth-order valence-corrected chi connectivity index (χ4v) is 3.96. The molecule has 32 heavy (non-hydrogen) atoms. The number of hydrogen-bond donors (Lipinski definition) is 3. The molecule has 1 aliphatic carbocycles. The molecule has 1 unspecified atom stereocenters. The van der Waals surface area contributed by atoms with Crippen LogP contribution in [0.3, 0.4) is 0 Å². The van der Waals surface area contributed by atoms with Gasteiger partial charge in [-0.3, -0.25) is 9.59 Å². The molecular weight excluding hydrogens is 406 g/mol. The summed E-state index contributed by atoms with van der Waals surface area (Å²) in [6, 6.07) is 11.0. The van der Waals surface area contributed by atoms with Crippen LogP contribution in [0.5, 0.6) is 11.5 Å². The molecule has 2 aliphatic rings. The molecule has 0 spiro atoms. The van der Waals surface area contributed by atoms with Crippen LogP contribution in [0.1, 0.15) is 40.9 Å². The van der Waals surface area contributed by atoms with Crippen molar-refractivity contribution in [1.82, 2.24) is 10.2 Å². The number of benzene rings is 2. The molecule has 0 saturated carbocycles. The fraction of sp³-hybridized carbons (Fsp3) is 0.280. The minimum Gasteiger partial charge on any atom is -0.505 e. The maximum Gasteiger partial charge on any atom is 0.257 e. The molecule has 7 heteroatoms. The molecule has 0 aromatic heterocycles. The van der Waals surface area contributed by atoms with Crippen molar-refractivity contribution in [2.75, 3.05) is 26.0 Å². The number of carbonyl (C=O) groups is 2. The van der Waals surface area contributed by atoms with E-state index >= 15 is 0 Å². The van der Waals surface area contributed by atoms with Gasteiger partial charge in [0.1, 0.15) is 11.4 Å². The minimum atomic E-state index is -0.325. The topological polar surface area (TPSA) is 90.9 Å². The van der Waals surface area contributed by atoms with Crippen LogP contribution in [0.25, 0.3) is 0 Å². The zero-order chi connectivity index (χ0) is 23.0. The maximum atomic E-state index is 12.5. The highest BCUT2D eigenvalue weighted by Gasteiger charge is 2.34. The number of aromatic hydroxyl groups is 1. The van der Waals surface area contributed by atoms with E-state index in [2.05, 4.69) is 30.2 Å². The van der Waals surface area contributed by atoms with Crippen molar-refractivity contribution in [3.63, 3.8) is 0 Å². The summed E-state index contributed by atoms with van der Waals surface area (Å²) in [6.07, 6.45) is 1.69. The van der Waals surface area contributed by atoms with Crippen molar-refractivity contribution in [3.8, 4) is 11.5 Å². The van der Waals surface area contributed by atoms with Crippen LogP contribution in [0.4, 0.5) is 5.69 Å². The minimum absolute atomic E-state index is 0.0206. The van der Waals surface area contributed by atoms with Gasteiger partial charge in [-0.15, -0.1) is 0 Å². The summed E-state index contributed by atoms with van der Waals surface area (Å²) in [5.74, 6) is 0.174. The van der Waals surface area contributed by atoms with Crippen molar-refractivity contribution in [1.29, 1.82) is 0 Å². The van der Waals surface area contributed by atoms with E-state index in [4.69, 9.17) is 4.74 Å². The molecule has 1 atom stereocenters. The van der Waals surface area contributed by atoms with Crippen molar-refractivity contribution in [2.24, 2.45) is 0 Å². The van der Waals surface area contributed by atoms with Gasteiger partial charge in [0.25, 0.3) is 5.91 Å². The van der Waals surface area contributed by atoms with Crippen LogP contribution in [-0.2, 0) is 11.2 Å². The van der Waals surface area contributed by atoms with E-state index in [-0.39, 0.29) is 34.7 Å². The number of ketones is 1. The van der Waals surface area contributed by atoms with E-state index in [0.29, 0.717) is 23.6 Å². The number of hydrogen-bond acceptors (Lipinski definition) is 6. The molecule has 0 bridgehead atoms. The number of nitrogens with one attached hydrogen (secondary N) is 2. The summed E-state index contributed by atoms with van der Waals surface area (Å²) < 4.78 is 5.60. The number of allylic oxidation sites excluding steroid dienone is 2. The monoisotopic (exact) mass is 433 g/mol. The molecular formula is C25H27N3O4. The van der Waals surface area contributed by atoms with Crippen LogP contribution in [0.2, 0.25) is 0 Å². The summed E-state index contributed by atoms with van der Waals surface area (Å²) in [6.45, 7) is 6.66. The first-order valence-corrected chi connectivity index (χ1v) is 10.6. The van der Waals surface area contributed by atoms with Gasteiger partial charge in [-0.1, -0.05) is 25.6 Å². The zero-order valence-corrected chi connectivity index (χ0v) is 18.5. The molecule has 166 valence electrons. The quantitative estimate of drug-likeness (QED) is 0.457. The first-order valence-electron chi connectivity index (χ1n) is 10.6. The van der Waals surface area contributed by atoms with Crippen LogP contribution in [0.15, 0.2) is 59.9 Å². The Bertz CT molecular complexity index is 1150. The Labute approximate surface area is 187 Å². The summed E-state index contributed by atoms with van der Waals surface area (Å²) in [4.78, 5) is 26.2. The molecule has 3 N–H and O–H groups in total. The number of nitrogens with zero attached hydrogens (tertiary/aromatic N) is 1. The molecule has 2 aromatic rings. The molecule has 1 aliphatic heterocycles. The van der Waals surface area contributed by atoms with Crippen LogP contribution < -0.4 is 15.4 Å². The Kier molecular flexibility index (Phi) is 5.65. The number of Topliss-reactive ketones (excluding diaryl/α,β-unsaturated/α-hetero) is 1. The maximum absolute atomic E-state index is 12.5. The van der Waals surface area contributed by atoms with Crippen molar-refractivity contribution in [3.05, 3.63) is 76.6 Å². The number of phenols is 1. The molecule has 1 amide bonds. The first kappa shape index (κ1) is 21.5. The second-order valence-electron chi connectivity index (χ2n) is 8.15. The average molecular weight is 434 g/mol.